The number of likely N-dealkylation sites (N-methyl/N-ethyl adjacent to an activating group) is 1. The molecule has 0 aliphatic heterocycles. The van der Waals surface area contributed by atoms with Gasteiger partial charge in [0.05, 0.1) is 0 Å². The number of amides is 1. The van der Waals surface area contributed by atoms with Crippen molar-refractivity contribution in [1.29, 1.82) is 0 Å². The van der Waals surface area contributed by atoms with Crippen LogP contribution in [0.1, 0.15) is 18.1 Å². The molecule has 0 aliphatic carbocycles. The number of carbonyl (C=O) groups is 1. The molecule has 150 valence electrons. The number of aliphatic imine (C=N–C) groups is 1. The van der Waals surface area contributed by atoms with Crippen molar-refractivity contribution in [1.82, 2.24) is 15.5 Å². The molecule has 0 bridgehead atoms. The van der Waals surface area contributed by atoms with Gasteiger partial charge >= 0.3 is 0 Å². The van der Waals surface area contributed by atoms with Crippen molar-refractivity contribution in [2.45, 2.75) is 20.0 Å². The summed E-state index contributed by atoms with van der Waals surface area (Å²) >= 11 is 3.58. The number of nitrogens with zero attached hydrogens (tertiary/aromatic N) is 2. The van der Waals surface area contributed by atoms with E-state index in [1.54, 1.807) is 7.05 Å². The normalized spacial score (nSPS) is 11.1. The first kappa shape index (κ1) is 21.8. The van der Waals surface area contributed by atoms with Crippen molar-refractivity contribution >= 4 is 27.8 Å². The Hall–Kier alpha value is -2.54. The van der Waals surface area contributed by atoms with Crippen molar-refractivity contribution < 1.29 is 9.53 Å². The van der Waals surface area contributed by atoms with E-state index in [1.165, 1.54) is 5.56 Å². The number of hydrogen-bond donors (Lipinski definition) is 2. The molecule has 2 rings (SSSR count). The number of ether oxygens (including phenoxy) is 1. The van der Waals surface area contributed by atoms with Gasteiger partial charge in [0.15, 0.2) is 12.6 Å². The maximum Gasteiger partial charge on any atom is 0.257 e. The Kier molecular flexibility index (Phi) is 8.81. The van der Waals surface area contributed by atoms with Crippen LogP contribution in [0.5, 0.6) is 5.75 Å². The maximum atomic E-state index is 11.5. The highest BCUT2D eigenvalue weighted by molar-refractivity contribution is 9.10. The van der Waals surface area contributed by atoms with Crippen LogP contribution in [0.3, 0.4) is 0 Å². The average molecular weight is 447 g/mol. The summed E-state index contributed by atoms with van der Waals surface area (Å²) in [6, 6.07) is 15.8. The smallest absolute Gasteiger partial charge is 0.257 e. The molecule has 2 N–H and O–H groups in total. The lowest BCUT2D eigenvalue weighted by Crippen LogP contribution is -2.38. The zero-order valence-corrected chi connectivity index (χ0v) is 18.1. The van der Waals surface area contributed by atoms with Crippen LogP contribution in [0.15, 0.2) is 58.0 Å². The summed E-state index contributed by atoms with van der Waals surface area (Å²) in [6.45, 7) is 3.83. The summed E-state index contributed by atoms with van der Waals surface area (Å²) in [5, 5.41) is 6.08. The molecule has 6 nitrogen and oxygen atoms in total. The lowest BCUT2D eigenvalue weighted by Gasteiger charge is -2.23. The number of carbonyl (C=O) groups excluding carboxylic acids is 1. The predicted octanol–water partition coefficient (Wildman–Crippen LogP) is 3.17. The summed E-state index contributed by atoms with van der Waals surface area (Å²) < 4.78 is 6.63. The fraction of sp³-hybridized carbons (Fsp3) is 0.333. The molecule has 0 aliphatic rings. The fourth-order valence-electron chi connectivity index (χ4n) is 2.67. The van der Waals surface area contributed by atoms with Crippen LogP contribution in [-0.2, 0) is 17.9 Å². The monoisotopic (exact) mass is 446 g/mol. The SMILES string of the molecule is CCNC(=O)COc1cccc(CNC(=NC)N(C)Cc2ccccc2Br)c1. The standard InChI is InChI=1S/C21H27BrN4O2/c1-4-24-20(27)15-28-18-10-7-8-16(12-18)13-25-21(23-2)26(3)14-17-9-5-6-11-19(17)22/h5-12H,4,13-15H2,1-3H3,(H,23,25)(H,24,27). The summed E-state index contributed by atoms with van der Waals surface area (Å²) in [4.78, 5) is 18.0. The molecular formula is C21H27BrN4O2. The first-order chi connectivity index (χ1) is 13.5. The molecule has 2 aromatic carbocycles. The average Bonchev–Trinajstić information content (AvgIpc) is 2.69. The van der Waals surface area contributed by atoms with Crippen LogP contribution >= 0.6 is 15.9 Å². The third kappa shape index (κ3) is 6.88. The van der Waals surface area contributed by atoms with E-state index in [2.05, 4.69) is 42.5 Å². The van der Waals surface area contributed by atoms with Crippen LogP contribution in [0.25, 0.3) is 0 Å². The molecule has 28 heavy (non-hydrogen) atoms. The lowest BCUT2D eigenvalue weighted by molar-refractivity contribution is -0.122. The zero-order chi connectivity index (χ0) is 20.4. The Morgan fingerprint density at radius 3 is 2.68 bits per heavy atom. The van der Waals surface area contributed by atoms with E-state index in [0.29, 0.717) is 18.8 Å². The number of hydrogen-bond acceptors (Lipinski definition) is 3. The van der Waals surface area contributed by atoms with Gasteiger partial charge in [0.2, 0.25) is 0 Å². The van der Waals surface area contributed by atoms with E-state index >= 15 is 0 Å². The topological polar surface area (TPSA) is 66.0 Å². The minimum Gasteiger partial charge on any atom is -0.484 e. The second-order valence-electron chi connectivity index (χ2n) is 6.24. The van der Waals surface area contributed by atoms with Gasteiger partial charge < -0.3 is 20.3 Å². The minimum absolute atomic E-state index is 0.0150. The molecule has 0 saturated heterocycles. The van der Waals surface area contributed by atoms with Gasteiger partial charge in [0, 0.05) is 38.2 Å². The Morgan fingerprint density at radius 1 is 1.18 bits per heavy atom. The van der Waals surface area contributed by atoms with E-state index in [9.17, 15) is 4.79 Å². The summed E-state index contributed by atoms with van der Waals surface area (Å²) in [5.74, 6) is 1.34. The Morgan fingerprint density at radius 2 is 1.96 bits per heavy atom. The van der Waals surface area contributed by atoms with E-state index in [0.717, 1.165) is 22.5 Å². The molecule has 0 atom stereocenters. The van der Waals surface area contributed by atoms with E-state index in [1.807, 2.05) is 56.4 Å². The minimum atomic E-state index is -0.125. The predicted molar refractivity (Wildman–Crippen MR) is 116 cm³/mol. The summed E-state index contributed by atoms with van der Waals surface area (Å²) in [7, 11) is 3.77. The summed E-state index contributed by atoms with van der Waals surface area (Å²) in [6.07, 6.45) is 0. The molecule has 0 aromatic heterocycles. The van der Waals surface area contributed by atoms with E-state index < -0.39 is 0 Å². The van der Waals surface area contributed by atoms with Gasteiger partial charge in [-0.25, -0.2) is 0 Å². The second kappa shape index (κ2) is 11.3. The number of guanidine groups is 1. The highest BCUT2D eigenvalue weighted by atomic mass is 79.9. The van der Waals surface area contributed by atoms with Gasteiger partial charge in [-0.05, 0) is 36.2 Å². The Bertz CT molecular complexity index is 810. The third-order valence-corrected chi connectivity index (χ3v) is 4.81. The molecule has 7 heteroatoms. The van der Waals surface area contributed by atoms with Crippen LogP contribution in [0.4, 0.5) is 0 Å². The lowest BCUT2D eigenvalue weighted by atomic mass is 10.2. The molecule has 0 saturated carbocycles. The Labute approximate surface area is 175 Å². The van der Waals surface area contributed by atoms with Crippen LogP contribution in [0, 0.1) is 0 Å². The largest absolute Gasteiger partial charge is 0.484 e. The van der Waals surface area contributed by atoms with Crippen molar-refractivity contribution in [3.05, 3.63) is 64.1 Å². The molecule has 2 aromatic rings. The van der Waals surface area contributed by atoms with Gasteiger partial charge in [0.25, 0.3) is 5.91 Å². The van der Waals surface area contributed by atoms with Crippen LogP contribution in [-0.4, -0.2) is 44.0 Å². The molecule has 0 fully saturated rings. The molecule has 1 amide bonds. The molecule has 0 radical (unpaired) electrons. The maximum absolute atomic E-state index is 11.5. The third-order valence-electron chi connectivity index (χ3n) is 4.03. The van der Waals surface area contributed by atoms with E-state index in [-0.39, 0.29) is 12.5 Å². The van der Waals surface area contributed by atoms with Gasteiger partial charge in [-0.1, -0.05) is 46.3 Å². The van der Waals surface area contributed by atoms with Crippen molar-refractivity contribution in [2.75, 3.05) is 27.2 Å². The van der Waals surface area contributed by atoms with E-state index in [4.69, 9.17) is 4.74 Å². The zero-order valence-electron chi connectivity index (χ0n) is 16.5. The number of benzene rings is 2. The molecule has 0 unspecified atom stereocenters. The highest BCUT2D eigenvalue weighted by Crippen LogP contribution is 2.17. The molecular weight excluding hydrogens is 420 g/mol. The summed E-state index contributed by atoms with van der Waals surface area (Å²) in [5.41, 5.74) is 2.23. The first-order valence-corrected chi connectivity index (χ1v) is 9.96. The van der Waals surface area contributed by atoms with Crippen LogP contribution in [0.2, 0.25) is 0 Å². The second-order valence-corrected chi connectivity index (χ2v) is 7.09. The van der Waals surface area contributed by atoms with Crippen molar-refractivity contribution in [3.63, 3.8) is 0 Å². The van der Waals surface area contributed by atoms with Crippen molar-refractivity contribution in [2.24, 2.45) is 4.99 Å². The van der Waals surface area contributed by atoms with Gasteiger partial charge in [-0.15, -0.1) is 0 Å². The van der Waals surface area contributed by atoms with Gasteiger partial charge in [0.1, 0.15) is 5.75 Å². The molecule has 0 heterocycles. The van der Waals surface area contributed by atoms with Gasteiger partial charge in [-0.2, -0.15) is 0 Å². The quantitative estimate of drug-likeness (QED) is 0.482. The fourth-order valence-corrected chi connectivity index (χ4v) is 3.08. The molecule has 0 spiro atoms. The highest BCUT2D eigenvalue weighted by Gasteiger charge is 2.09. The number of nitrogens with one attached hydrogen (secondary N) is 2. The number of halogens is 1. The van der Waals surface area contributed by atoms with Crippen molar-refractivity contribution in [3.8, 4) is 5.75 Å². The van der Waals surface area contributed by atoms with Crippen LogP contribution < -0.4 is 15.4 Å². The first-order valence-electron chi connectivity index (χ1n) is 9.17. The Balaban J connectivity index is 1.91. The number of rotatable bonds is 8. The van der Waals surface area contributed by atoms with Gasteiger partial charge in [-0.3, -0.25) is 9.79 Å².